The van der Waals surface area contributed by atoms with Crippen LogP contribution in [0, 0.1) is 11.3 Å². The molecule has 0 saturated heterocycles. The van der Waals surface area contributed by atoms with E-state index in [1.165, 1.54) is 5.56 Å². The Morgan fingerprint density at radius 3 is 2.83 bits per heavy atom. The van der Waals surface area contributed by atoms with E-state index in [9.17, 15) is 0 Å². The molecule has 0 atom stereocenters. The van der Waals surface area contributed by atoms with Crippen LogP contribution in [0.5, 0.6) is 0 Å². The number of likely N-dealkylation sites (N-methyl/N-ethyl adjacent to an activating group) is 1. The SMILES string of the molecule is CN(CCc1cnn(C)c1)c1ccccc1C#N. The molecule has 92 valence electrons. The van der Waals surface area contributed by atoms with Crippen LogP contribution in [-0.2, 0) is 13.5 Å². The lowest BCUT2D eigenvalue weighted by molar-refractivity contribution is 0.766. The zero-order valence-corrected chi connectivity index (χ0v) is 10.7. The van der Waals surface area contributed by atoms with Crippen molar-refractivity contribution in [3.63, 3.8) is 0 Å². The molecule has 0 unspecified atom stereocenters. The average molecular weight is 240 g/mol. The van der Waals surface area contributed by atoms with Crippen LogP contribution in [0.3, 0.4) is 0 Å². The van der Waals surface area contributed by atoms with Crippen LogP contribution < -0.4 is 4.90 Å². The molecule has 0 saturated carbocycles. The quantitative estimate of drug-likeness (QED) is 0.820. The predicted octanol–water partition coefficient (Wildman–Crippen LogP) is 1.97. The molecule has 0 aliphatic rings. The first-order valence-corrected chi connectivity index (χ1v) is 5.88. The monoisotopic (exact) mass is 240 g/mol. The number of rotatable bonds is 4. The van der Waals surface area contributed by atoms with Crippen LogP contribution in [-0.4, -0.2) is 23.4 Å². The first kappa shape index (κ1) is 12.2. The van der Waals surface area contributed by atoms with Gasteiger partial charge in [0.15, 0.2) is 0 Å². The molecular weight excluding hydrogens is 224 g/mol. The van der Waals surface area contributed by atoms with Crippen LogP contribution in [0.1, 0.15) is 11.1 Å². The topological polar surface area (TPSA) is 44.9 Å². The fraction of sp³-hybridized carbons (Fsp3) is 0.286. The molecule has 0 fully saturated rings. The molecule has 1 aromatic heterocycles. The third kappa shape index (κ3) is 2.69. The second-order valence-corrected chi connectivity index (χ2v) is 4.32. The number of hydrogen-bond acceptors (Lipinski definition) is 3. The van der Waals surface area contributed by atoms with E-state index in [1.54, 1.807) is 4.68 Å². The zero-order valence-electron chi connectivity index (χ0n) is 10.7. The van der Waals surface area contributed by atoms with Gasteiger partial charge in [-0.2, -0.15) is 10.4 Å². The molecule has 0 amide bonds. The second kappa shape index (κ2) is 5.37. The Morgan fingerprint density at radius 2 is 2.17 bits per heavy atom. The molecule has 0 radical (unpaired) electrons. The van der Waals surface area contributed by atoms with E-state index in [0.29, 0.717) is 5.56 Å². The summed E-state index contributed by atoms with van der Waals surface area (Å²) >= 11 is 0. The minimum atomic E-state index is 0.714. The maximum Gasteiger partial charge on any atom is 0.101 e. The molecule has 18 heavy (non-hydrogen) atoms. The van der Waals surface area contributed by atoms with E-state index in [0.717, 1.165) is 18.7 Å². The highest BCUT2D eigenvalue weighted by atomic mass is 15.2. The summed E-state index contributed by atoms with van der Waals surface area (Å²) in [5.41, 5.74) is 2.90. The first-order chi connectivity index (χ1) is 8.70. The van der Waals surface area contributed by atoms with Crippen LogP contribution in [0.4, 0.5) is 5.69 Å². The molecule has 0 N–H and O–H groups in total. The molecule has 1 heterocycles. The Kier molecular flexibility index (Phi) is 3.63. The maximum absolute atomic E-state index is 9.07. The highest BCUT2D eigenvalue weighted by Crippen LogP contribution is 2.18. The fourth-order valence-corrected chi connectivity index (χ4v) is 1.92. The summed E-state index contributed by atoms with van der Waals surface area (Å²) in [5.74, 6) is 0. The van der Waals surface area contributed by atoms with Crippen molar-refractivity contribution in [3.8, 4) is 6.07 Å². The minimum Gasteiger partial charge on any atom is -0.373 e. The van der Waals surface area contributed by atoms with Gasteiger partial charge >= 0.3 is 0 Å². The third-order valence-electron chi connectivity index (χ3n) is 2.93. The Labute approximate surface area is 107 Å². The van der Waals surface area contributed by atoms with Gasteiger partial charge in [0.25, 0.3) is 0 Å². The summed E-state index contributed by atoms with van der Waals surface area (Å²) in [6.07, 6.45) is 4.82. The van der Waals surface area contributed by atoms with Crippen molar-refractivity contribution in [2.24, 2.45) is 7.05 Å². The number of aryl methyl sites for hydroxylation is 1. The van der Waals surface area contributed by atoms with Crippen molar-refractivity contribution in [2.75, 3.05) is 18.5 Å². The van der Waals surface area contributed by atoms with E-state index in [4.69, 9.17) is 5.26 Å². The predicted molar refractivity (Wildman–Crippen MR) is 71.3 cm³/mol. The lowest BCUT2D eigenvalue weighted by Crippen LogP contribution is -2.21. The lowest BCUT2D eigenvalue weighted by atomic mass is 10.1. The van der Waals surface area contributed by atoms with Gasteiger partial charge in [0.2, 0.25) is 0 Å². The smallest absolute Gasteiger partial charge is 0.101 e. The van der Waals surface area contributed by atoms with Gasteiger partial charge in [-0.05, 0) is 24.1 Å². The van der Waals surface area contributed by atoms with Crippen molar-refractivity contribution in [1.29, 1.82) is 5.26 Å². The minimum absolute atomic E-state index is 0.714. The Bertz CT molecular complexity index is 565. The summed E-state index contributed by atoms with van der Waals surface area (Å²) in [7, 11) is 3.92. The van der Waals surface area contributed by atoms with Crippen LogP contribution in [0.25, 0.3) is 0 Å². The Morgan fingerprint density at radius 1 is 1.39 bits per heavy atom. The Hall–Kier alpha value is -2.28. The molecule has 4 heteroatoms. The number of benzene rings is 1. The number of anilines is 1. The molecule has 0 aliphatic carbocycles. The number of nitriles is 1. The third-order valence-corrected chi connectivity index (χ3v) is 2.93. The molecule has 0 aliphatic heterocycles. The van der Waals surface area contributed by atoms with Gasteiger partial charge in [-0.25, -0.2) is 0 Å². The van der Waals surface area contributed by atoms with Crippen molar-refractivity contribution >= 4 is 5.69 Å². The summed E-state index contributed by atoms with van der Waals surface area (Å²) in [4.78, 5) is 2.10. The van der Waals surface area contributed by atoms with E-state index in [2.05, 4.69) is 16.1 Å². The van der Waals surface area contributed by atoms with Gasteiger partial charge in [-0.15, -0.1) is 0 Å². The molecule has 2 aromatic rings. The van der Waals surface area contributed by atoms with Gasteiger partial charge < -0.3 is 4.90 Å². The van der Waals surface area contributed by atoms with Crippen molar-refractivity contribution in [1.82, 2.24) is 9.78 Å². The molecule has 1 aromatic carbocycles. The van der Waals surface area contributed by atoms with Crippen molar-refractivity contribution < 1.29 is 0 Å². The number of aromatic nitrogens is 2. The van der Waals surface area contributed by atoms with E-state index < -0.39 is 0 Å². The average Bonchev–Trinajstić information content (AvgIpc) is 2.81. The van der Waals surface area contributed by atoms with Crippen LogP contribution in [0.2, 0.25) is 0 Å². The second-order valence-electron chi connectivity index (χ2n) is 4.32. The van der Waals surface area contributed by atoms with Gasteiger partial charge in [-0.3, -0.25) is 4.68 Å². The number of nitrogens with zero attached hydrogens (tertiary/aromatic N) is 4. The normalized spacial score (nSPS) is 10.1. The molecule has 0 bridgehead atoms. The standard InChI is InChI=1S/C14H16N4/c1-17(8-7-12-10-16-18(2)11-12)14-6-4-3-5-13(14)9-15/h3-6,10-11H,7-8H2,1-2H3. The largest absolute Gasteiger partial charge is 0.373 e. The molecule has 4 nitrogen and oxygen atoms in total. The van der Waals surface area contributed by atoms with Crippen molar-refractivity contribution in [3.05, 3.63) is 47.8 Å². The summed E-state index contributed by atoms with van der Waals surface area (Å²) in [6, 6.07) is 9.88. The number of para-hydroxylation sites is 1. The van der Waals surface area contributed by atoms with Gasteiger partial charge in [0.1, 0.15) is 6.07 Å². The summed E-state index contributed by atoms with van der Waals surface area (Å²) in [6.45, 7) is 0.865. The van der Waals surface area contributed by atoms with Crippen LogP contribution in [0.15, 0.2) is 36.7 Å². The maximum atomic E-state index is 9.07. The van der Waals surface area contributed by atoms with E-state index >= 15 is 0 Å². The van der Waals surface area contributed by atoms with Crippen LogP contribution >= 0.6 is 0 Å². The highest BCUT2D eigenvalue weighted by Gasteiger charge is 2.06. The highest BCUT2D eigenvalue weighted by molar-refractivity contribution is 5.58. The summed E-state index contributed by atoms with van der Waals surface area (Å²) in [5, 5.41) is 13.2. The van der Waals surface area contributed by atoms with Crippen molar-refractivity contribution in [2.45, 2.75) is 6.42 Å². The number of hydrogen-bond donors (Lipinski definition) is 0. The Balaban J connectivity index is 2.04. The molecule has 0 spiro atoms. The van der Waals surface area contributed by atoms with Gasteiger partial charge in [0.05, 0.1) is 17.4 Å². The summed E-state index contributed by atoms with van der Waals surface area (Å²) < 4.78 is 1.80. The van der Waals surface area contributed by atoms with E-state index in [-0.39, 0.29) is 0 Å². The molecular formula is C14H16N4. The lowest BCUT2D eigenvalue weighted by Gasteiger charge is -2.19. The molecule has 2 rings (SSSR count). The zero-order chi connectivity index (χ0) is 13.0. The fourth-order valence-electron chi connectivity index (χ4n) is 1.92. The van der Waals surface area contributed by atoms with Gasteiger partial charge in [0, 0.05) is 26.8 Å². The van der Waals surface area contributed by atoms with E-state index in [1.807, 2.05) is 50.8 Å². The first-order valence-electron chi connectivity index (χ1n) is 5.88. The van der Waals surface area contributed by atoms with Gasteiger partial charge in [-0.1, -0.05) is 12.1 Å².